The minimum atomic E-state index is -0.166. The van der Waals surface area contributed by atoms with Crippen molar-refractivity contribution in [2.24, 2.45) is 4.99 Å². The predicted octanol–water partition coefficient (Wildman–Crippen LogP) is 3.93. The van der Waals surface area contributed by atoms with Gasteiger partial charge in [-0.2, -0.15) is 0 Å². The average molecular weight is 464 g/mol. The van der Waals surface area contributed by atoms with E-state index in [1.54, 1.807) is 13.0 Å². The maximum atomic E-state index is 13.3. The zero-order valence-electron chi connectivity index (χ0n) is 16.1. The van der Waals surface area contributed by atoms with Crippen molar-refractivity contribution in [3.05, 3.63) is 35.1 Å². The SMILES string of the molecule is CCNC(=NCc1ccc(F)c(C)c1)NCCCCN(CC)CC.I. The molecule has 0 heterocycles. The summed E-state index contributed by atoms with van der Waals surface area (Å²) in [6.45, 7) is 13.9. The van der Waals surface area contributed by atoms with Gasteiger partial charge in [0.2, 0.25) is 0 Å². The molecule has 0 aliphatic heterocycles. The van der Waals surface area contributed by atoms with Crippen molar-refractivity contribution >= 4 is 29.9 Å². The largest absolute Gasteiger partial charge is 0.357 e. The monoisotopic (exact) mass is 464 g/mol. The van der Waals surface area contributed by atoms with Crippen molar-refractivity contribution in [2.75, 3.05) is 32.7 Å². The van der Waals surface area contributed by atoms with Crippen LogP contribution in [0.2, 0.25) is 0 Å². The van der Waals surface area contributed by atoms with Crippen LogP contribution in [-0.4, -0.2) is 43.6 Å². The summed E-state index contributed by atoms with van der Waals surface area (Å²) in [5, 5.41) is 6.63. The van der Waals surface area contributed by atoms with Gasteiger partial charge in [0.25, 0.3) is 0 Å². The van der Waals surface area contributed by atoms with E-state index in [1.807, 2.05) is 6.07 Å². The van der Waals surface area contributed by atoms with Gasteiger partial charge in [-0.25, -0.2) is 9.38 Å². The van der Waals surface area contributed by atoms with E-state index in [0.717, 1.165) is 50.7 Å². The van der Waals surface area contributed by atoms with Gasteiger partial charge in [0.05, 0.1) is 6.54 Å². The van der Waals surface area contributed by atoms with E-state index >= 15 is 0 Å². The zero-order chi connectivity index (χ0) is 17.8. The van der Waals surface area contributed by atoms with Gasteiger partial charge < -0.3 is 15.5 Å². The zero-order valence-corrected chi connectivity index (χ0v) is 18.4. The van der Waals surface area contributed by atoms with E-state index in [1.165, 1.54) is 12.5 Å². The maximum Gasteiger partial charge on any atom is 0.191 e. The minimum Gasteiger partial charge on any atom is -0.357 e. The Morgan fingerprint density at radius 1 is 1.12 bits per heavy atom. The summed E-state index contributed by atoms with van der Waals surface area (Å²) in [6.07, 6.45) is 2.31. The molecule has 0 aliphatic rings. The minimum absolute atomic E-state index is 0. The van der Waals surface area contributed by atoms with Gasteiger partial charge in [-0.1, -0.05) is 26.0 Å². The van der Waals surface area contributed by atoms with E-state index in [-0.39, 0.29) is 29.8 Å². The second kappa shape index (κ2) is 14.3. The first kappa shape index (κ1) is 24.1. The molecule has 0 radical (unpaired) electrons. The number of guanidine groups is 1. The molecule has 1 aromatic rings. The molecule has 144 valence electrons. The molecule has 6 heteroatoms. The topological polar surface area (TPSA) is 39.7 Å². The van der Waals surface area contributed by atoms with Crippen LogP contribution in [0.3, 0.4) is 0 Å². The molecule has 0 aromatic heterocycles. The molecule has 0 bridgehead atoms. The summed E-state index contributed by atoms with van der Waals surface area (Å²) in [7, 11) is 0. The van der Waals surface area contributed by atoms with Crippen molar-refractivity contribution in [3.8, 4) is 0 Å². The Hall–Kier alpha value is -0.890. The predicted molar refractivity (Wildman–Crippen MR) is 116 cm³/mol. The Morgan fingerprint density at radius 3 is 2.44 bits per heavy atom. The molecule has 0 aliphatic carbocycles. The Bertz CT molecular complexity index is 504. The lowest BCUT2D eigenvalue weighted by Crippen LogP contribution is -2.38. The molecule has 0 saturated heterocycles. The number of aliphatic imine (C=N–C) groups is 1. The molecule has 0 fully saturated rings. The van der Waals surface area contributed by atoms with Crippen LogP contribution < -0.4 is 10.6 Å². The van der Waals surface area contributed by atoms with E-state index in [9.17, 15) is 4.39 Å². The first-order chi connectivity index (χ1) is 11.6. The molecule has 0 unspecified atom stereocenters. The van der Waals surface area contributed by atoms with Gasteiger partial charge in [-0.05, 0) is 63.5 Å². The normalized spacial score (nSPS) is 11.4. The molecule has 2 N–H and O–H groups in total. The van der Waals surface area contributed by atoms with Crippen LogP contribution >= 0.6 is 24.0 Å². The summed E-state index contributed by atoms with van der Waals surface area (Å²) in [5.74, 6) is 0.656. The molecular weight excluding hydrogens is 430 g/mol. The van der Waals surface area contributed by atoms with Crippen LogP contribution in [0.5, 0.6) is 0 Å². The quantitative estimate of drug-likeness (QED) is 0.239. The number of unbranched alkanes of at least 4 members (excludes halogenated alkanes) is 1. The second-order valence-electron chi connectivity index (χ2n) is 5.94. The molecule has 25 heavy (non-hydrogen) atoms. The van der Waals surface area contributed by atoms with Crippen molar-refractivity contribution < 1.29 is 4.39 Å². The number of nitrogens with zero attached hydrogens (tertiary/aromatic N) is 2. The molecule has 0 saturated carbocycles. The fourth-order valence-corrected chi connectivity index (χ4v) is 2.52. The number of aryl methyl sites for hydroxylation is 1. The first-order valence-corrected chi connectivity index (χ1v) is 9.10. The number of benzene rings is 1. The number of hydrogen-bond acceptors (Lipinski definition) is 2. The Morgan fingerprint density at radius 2 is 1.84 bits per heavy atom. The first-order valence-electron chi connectivity index (χ1n) is 9.10. The summed E-state index contributed by atoms with van der Waals surface area (Å²) < 4.78 is 13.3. The molecule has 0 spiro atoms. The molecule has 1 aromatic carbocycles. The van der Waals surface area contributed by atoms with Crippen LogP contribution in [0.4, 0.5) is 4.39 Å². The summed E-state index contributed by atoms with van der Waals surface area (Å²) in [6, 6.07) is 5.15. The van der Waals surface area contributed by atoms with Crippen molar-refractivity contribution in [1.82, 2.24) is 15.5 Å². The molecule has 4 nitrogen and oxygen atoms in total. The molecule has 1 rings (SSSR count). The Kier molecular flexibility index (Phi) is 13.8. The van der Waals surface area contributed by atoms with Gasteiger partial charge in [-0.3, -0.25) is 0 Å². The number of nitrogens with one attached hydrogen (secondary N) is 2. The Labute approximate surface area is 169 Å². The number of rotatable bonds is 10. The Balaban J connectivity index is 0.00000576. The smallest absolute Gasteiger partial charge is 0.191 e. The lowest BCUT2D eigenvalue weighted by atomic mass is 10.1. The molecule has 0 atom stereocenters. The standard InChI is InChI=1S/C19H33FN4.HI/c1-5-21-19(22-12-8-9-13-24(6-2)7-3)23-15-17-10-11-18(20)16(4)14-17;/h10-11,14H,5-9,12-13,15H2,1-4H3,(H2,21,22,23);1H. The highest BCUT2D eigenvalue weighted by Crippen LogP contribution is 2.10. The molecule has 0 amide bonds. The van der Waals surface area contributed by atoms with Gasteiger partial charge >= 0.3 is 0 Å². The van der Waals surface area contributed by atoms with E-state index in [4.69, 9.17) is 0 Å². The average Bonchev–Trinajstić information content (AvgIpc) is 2.58. The lowest BCUT2D eigenvalue weighted by Gasteiger charge is -2.18. The highest BCUT2D eigenvalue weighted by molar-refractivity contribution is 14.0. The summed E-state index contributed by atoms with van der Waals surface area (Å²) in [4.78, 5) is 7.02. The lowest BCUT2D eigenvalue weighted by molar-refractivity contribution is 0.297. The van der Waals surface area contributed by atoms with Crippen LogP contribution in [0.25, 0.3) is 0 Å². The van der Waals surface area contributed by atoms with Crippen LogP contribution in [0.1, 0.15) is 44.7 Å². The fourth-order valence-electron chi connectivity index (χ4n) is 2.52. The van der Waals surface area contributed by atoms with Gasteiger partial charge in [0.15, 0.2) is 5.96 Å². The highest BCUT2D eigenvalue weighted by atomic mass is 127. The van der Waals surface area contributed by atoms with Gasteiger partial charge in [0.1, 0.15) is 5.82 Å². The van der Waals surface area contributed by atoms with E-state index in [2.05, 4.69) is 41.3 Å². The maximum absolute atomic E-state index is 13.3. The van der Waals surface area contributed by atoms with Crippen LogP contribution in [0.15, 0.2) is 23.2 Å². The molecular formula is C19H34FIN4. The fraction of sp³-hybridized carbons (Fsp3) is 0.632. The van der Waals surface area contributed by atoms with Gasteiger partial charge in [-0.15, -0.1) is 24.0 Å². The van der Waals surface area contributed by atoms with Crippen molar-refractivity contribution in [2.45, 2.75) is 47.1 Å². The summed E-state index contributed by atoms with van der Waals surface area (Å²) >= 11 is 0. The highest BCUT2D eigenvalue weighted by Gasteiger charge is 2.01. The third-order valence-electron chi connectivity index (χ3n) is 4.07. The van der Waals surface area contributed by atoms with Crippen molar-refractivity contribution in [1.29, 1.82) is 0 Å². The number of hydrogen-bond donors (Lipinski definition) is 2. The van der Waals surface area contributed by atoms with E-state index < -0.39 is 0 Å². The third-order valence-corrected chi connectivity index (χ3v) is 4.07. The van der Waals surface area contributed by atoms with Crippen LogP contribution in [-0.2, 0) is 6.54 Å². The summed E-state index contributed by atoms with van der Waals surface area (Å²) in [5.41, 5.74) is 1.68. The third kappa shape index (κ3) is 9.99. The van der Waals surface area contributed by atoms with Crippen molar-refractivity contribution in [3.63, 3.8) is 0 Å². The van der Waals surface area contributed by atoms with Gasteiger partial charge in [0, 0.05) is 13.1 Å². The van der Waals surface area contributed by atoms with Crippen LogP contribution in [0, 0.1) is 12.7 Å². The number of halogens is 2. The second-order valence-corrected chi connectivity index (χ2v) is 5.94. The van der Waals surface area contributed by atoms with E-state index in [0.29, 0.717) is 12.1 Å².